The number of fused-ring (bicyclic) bond motifs is 10. The van der Waals surface area contributed by atoms with Crippen LogP contribution in [-0.2, 0) is 78.1 Å². The first kappa shape index (κ1) is 90.9. The smallest absolute Gasteiger partial charge is 0.238 e. The number of aryl methyl sites for hydroxylation is 2. The third kappa shape index (κ3) is 13.0. The molecule has 15 aromatic rings. The van der Waals surface area contributed by atoms with Gasteiger partial charge in [-0.2, -0.15) is 11.3 Å². The fourth-order valence-electron chi connectivity index (χ4n) is 24.6. The van der Waals surface area contributed by atoms with Crippen LogP contribution in [0.15, 0.2) is 354 Å². The summed E-state index contributed by atoms with van der Waals surface area (Å²) in [6.07, 6.45) is 3.75. The first-order valence-corrected chi connectivity index (χ1v) is 50.8. The number of anilines is 5. The zero-order chi connectivity index (χ0) is 94.9. The Balaban J connectivity index is 0.000000102. The van der Waals surface area contributed by atoms with Crippen LogP contribution < -0.4 is 34.0 Å². The van der Waals surface area contributed by atoms with Crippen LogP contribution >= 0.6 is 102 Å². The third-order valence-electron chi connectivity index (χ3n) is 31.3. The summed E-state index contributed by atoms with van der Waals surface area (Å²) in [5.41, 5.74) is 18.0. The van der Waals surface area contributed by atoms with E-state index in [1.807, 2.05) is 134 Å². The number of thiophene rings is 2. The molecular formula is C115H92Br5F2N5O7S2. The van der Waals surface area contributed by atoms with Crippen LogP contribution in [0.4, 0.5) is 37.2 Å². The fourth-order valence-corrected chi connectivity index (χ4v) is 28.1. The van der Waals surface area contributed by atoms with E-state index in [-0.39, 0.29) is 57.4 Å². The molecule has 136 heavy (non-hydrogen) atoms. The van der Waals surface area contributed by atoms with E-state index in [2.05, 4.69) is 286 Å². The number of carbonyl (C=O) groups excluding carboxylic acids is 5. The molecule has 0 radical (unpaired) electrons. The van der Waals surface area contributed by atoms with Gasteiger partial charge in [-0.25, -0.2) is 8.78 Å². The molecule has 6 atom stereocenters. The summed E-state index contributed by atoms with van der Waals surface area (Å²) in [6, 6.07) is 104. The zero-order valence-corrected chi connectivity index (χ0v) is 85.4. The number of likely N-dealkylation sites (N-methyl/N-ethyl adjacent to an activating group) is 5. The highest BCUT2D eigenvalue weighted by molar-refractivity contribution is 9.11. The molecule has 5 spiro atoms. The van der Waals surface area contributed by atoms with Crippen LogP contribution in [0, 0.1) is 25.5 Å². The minimum atomic E-state index is -0.781. The maximum Gasteiger partial charge on any atom is 0.238 e. The Morgan fingerprint density at radius 2 is 0.522 bits per heavy atom. The minimum Gasteiger partial charge on any atom is -0.497 e. The molecule has 10 aliphatic rings. The lowest BCUT2D eigenvalue weighted by atomic mass is 9.77. The Hall–Kier alpha value is -11.5. The lowest BCUT2D eigenvalue weighted by Crippen LogP contribution is -2.34. The average Bonchev–Trinajstić information content (AvgIpc) is 1.50. The Labute approximate surface area is 840 Å². The van der Waals surface area contributed by atoms with Gasteiger partial charge in [0, 0.05) is 113 Å². The van der Waals surface area contributed by atoms with Crippen molar-refractivity contribution in [1.82, 2.24) is 0 Å². The van der Waals surface area contributed by atoms with E-state index in [0.717, 1.165) is 138 Å². The van der Waals surface area contributed by atoms with Crippen molar-refractivity contribution < 1.29 is 42.2 Å². The molecule has 5 saturated carbocycles. The number of hydrogen-bond acceptors (Lipinski definition) is 9. The van der Waals surface area contributed by atoms with Crippen molar-refractivity contribution >= 4 is 160 Å². The fraction of sp³-hybridized carbons (Fsp3) is 0.209. The summed E-state index contributed by atoms with van der Waals surface area (Å²) in [5, 5.41) is 6.43. The van der Waals surface area contributed by atoms with Crippen LogP contribution in [0.5, 0.6) is 11.5 Å². The molecule has 5 fully saturated rings. The Morgan fingerprint density at radius 3 is 0.772 bits per heavy atom. The van der Waals surface area contributed by atoms with Gasteiger partial charge in [-0.3, -0.25) is 24.0 Å². The number of methoxy groups -OCH3 is 2. The minimum absolute atomic E-state index is 0.00856. The number of benzene rings is 13. The summed E-state index contributed by atoms with van der Waals surface area (Å²) >= 11 is 21.4. The van der Waals surface area contributed by atoms with Gasteiger partial charge >= 0.3 is 0 Å². The highest BCUT2D eigenvalue weighted by Crippen LogP contribution is 2.79. The second kappa shape index (κ2) is 33.4. The summed E-state index contributed by atoms with van der Waals surface area (Å²) in [4.78, 5) is 78.1. The van der Waals surface area contributed by atoms with E-state index in [1.54, 1.807) is 78.0 Å². The highest BCUT2D eigenvalue weighted by Gasteiger charge is 2.82. The lowest BCUT2D eigenvalue weighted by molar-refractivity contribution is -0.121. The summed E-state index contributed by atoms with van der Waals surface area (Å²) in [6.45, 7) is 4.21. The van der Waals surface area contributed by atoms with E-state index in [9.17, 15) is 32.8 Å². The van der Waals surface area contributed by atoms with Crippen molar-refractivity contribution in [3.8, 4) is 11.5 Å². The normalized spacial score (nSPS) is 22.8. The summed E-state index contributed by atoms with van der Waals surface area (Å²) < 4.78 is 42.9. The van der Waals surface area contributed by atoms with Crippen molar-refractivity contribution in [3.05, 3.63) is 459 Å². The SMILES string of the molecule is CN1C(=O)C2(CC2(c2ccc(F)cc2)c2ccc(F)cc2)c2cc(Br)ccc21.CN1C(=O)C2(CC2(c2ccccc2)c2ccccc2)c2cc(Br)ccc21.CN1C(=O)C2(CC2(c2ccsc2)c2cccs2)c2cc(Br)ccc21.COc1ccc(C2(c3ccc(OC)cc3)CC23C(=O)N(C)c2ccc(Br)cc23)cc1.Cc1ccc(C2(c3ccc(C)cc3)CC23C(=O)N(C)c2ccc(Br)cc23)cc1. The third-order valence-corrected chi connectivity index (χ3v) is 35.5. The molecule has 25 rings (SSSR count). The van der Waals surface area contributed by atoms with Crippen molar-refractivity contribution in [3.63, 3.8) is 0 Å². The van der Waals surface area contributed by atoms with Crippen molar-refractivity contribution in [2.24, 2.45) is 0 Å². The van der Waals surface area contributed by atoms with Gasteiger partial charge in [0.15, 0.2) is 0 Å². The van der Waals surface area contributed by atoms with Crippen LogP contribution in [0.3, 0.4) is 0 Å². The molecule has 5 aliphatic heterocycles. The van der Waals surface area contributed by atoms with Crippen LogP contribution in [0.1, 0.15) is 126 Å². The van der Waals surface area contributed by atoms with Gasteiger partial charge in [-0.15, -0.1) is 11.3 Å². The number of halogens is 7. The predicted molar refractivity (Wildman–Crippen MR) is 556 cm³/mol. The van der Waals surface area contributed by atoms with E-state index in [0.29, 0.717) is 6.42 Å². The van der Waals surface area contributed by atoms with E-state index >= 15 is 0 Å². The van der Waals surface area contributed by atoms with E-state index in [4.69, 9.17) is 9.47 Å². The van der Waals surface area contributed by atoms with Crippen molar-refractivity contribution in [1.29, 1.82) is 0 Å². The average molecular weight is 2160 g/mol. The number of ether oxygens (including phenoxy) is 2. The number of nitrogens with zero attached hydrogens (tertiary/aromatic N) is 5. The largest absolute Gasteiger partial charge is 0.497 e. The second-order valence-electron chi connectivity index (χ2n) is 37.5. The van der Waals surface area contributed by atoms with Gasteiger partial charge < -0.3 is 34.0 Å². The van der Waals surface area contributed by atoms with Crippen molar-refractivity contribution in [2.45, 2.75) is 100 Å². The molecule has 0 N–H and O–H groups in total. The Kier molecular flexibility index (Phi) is 22.3. The molecule has 680 valence electrons. The molecule has 0 saturated heterocycles. The standard InChI is InChI=1S/C25H22BrNO3.C25H22BrNO.C23H16BrF2NO.C23H18BrNO.C19H14BrNOS2/c1-27-22-13-8-18(26)14-21(22)25(23(27)28)15-24(25,16-4-9-19(29-2)10-5-16)17-6-11-20(30-3)12-7-17;1-16-4-8-18(9-5-16)24(19-10-6-17(2)7-11-19)15-25(24)21-14-20(26)12-13-22(21)27(3)23(25)28;1-27-20-11-6-16(24)12-19(20)23(21(27)28)13-22(23,14-2-7-17(25)8-3-14)15-4-9-18(26)10-5-15;1-25-20-13-12-18(24)14-19(20)23(21(25)26)15-22(23,16-8-4-2-5-9-16)17-10-6-3-7-11-17;1-21-15-5-4-13(20)9-14(15)19(17(21)22)11-18(19,12-6-8-23-10-12)16-3-2-7-24-16/h4-14H,15H2,1-3H3;4-14H,15H2,1-3H3;2-12H,13H2,1H3;2-14H,15H2,1H3;2-10H,11H2,1H3. The molecule has 0 bridgehead atoms. The monoisotopic (exact) mass is 2150 g/mol. The van der Waals surface area contributed by atoms with Gasteiger partial charge in [0.25, 0.3) is 0 Å². The Bertz CT molecular complexity index is 6950. The number of rotatable bonds is 12. The van der Waals surface area contributed by atoms with Crippen LogP contribution in [0.25, 0.3) is 0 Å². The molecule has 13 aromatic carbocycles. The van der Waals surface area contributed by atoms with Gasteiger partial charge in [0.1, 0.15) is 23.1 Å². The zero-order valence-electron chi connectivity index (χ0n) is 75.8. The number of hydrogen-bond donors (Lipinski definition) is 0. The number of carbonyl (C=O) groups is 5. The van der Waals surface area contributed by atoms with E-state index < -0.39 is 37.9 Å². The molecule has 7 heterocycles. The van der Waals surface area contributed by atoms with Crippen LogP contribution in [-0.4, -0.2) is 79.0 Å². The molecule has 5 amide bonds. The number of amides is 5. The molecule has 21 heteroatoms. The maximum atomic E-state index is 13.7. The lowest BCUT2D eigenvalue weighted by Gasteiger charge is -2.24. The second-order valence-corrected chi connectivity index (χ2v) is 43.8. The van der Waals surface area contributed by atoms with Gasteiger partial charge in [-0.1, -0.05) is 255 Å². The van der Waals surface area contributed by atoms with Gasteiger partial charge in [0.2, 0.25) is 29.5 Å². The van der Waals surface area contributed by atoms with Gasteiger partial charge in [0.05, 0.1) is 46.7 Å². The molecule has 5 aliphatic carbocycles. The highest BCUT2D eigenvalue weighted by atomic mass is 79.9. The van der Waals surface area contributed by atoms with Crippen molar-refractivity contribution in [2.75, 3.05) is 74.0 Å². The summed E-state index contributed by atoms with van der Waals surface area (Å²) in [7, 11) is 12.7. The molecular weight excluding hydrogens is 2060 g/mol. The predicted octanol–water partition coefficient (Wildman–Crippen LogP) is 26.3. The molecule has 12 nitrogen and oxygen atoms in total. The quantitative estimate of drug-likeness (QED) is 0.119. The molecule has 6 unspecified atom stereocenters. The first-order valence-electron chi connectivity index (χ1n) is 45.0. The first-order chi connectivity index (χ1) is 65.5. The Morgan fingerprint density at radius 1 is 0.272 bits per heavy atom. The van der Waals surface area contributed by atoms with E-state index in [1.165, 1.54) is 68.1 Å². The summed E-state index contributed by atoms with van der Waals surface area (Å²) in [5.74, 6) is 1.70. The molecule has 2 aromatic heterocycles. The topological polar surface area (TPSA) is 120 Å². The maximum absolute atomic E-state index is 13.7. The van der Waals surface area contributed by atoms with Crippen LogP contribution in [0.2, 0.25) is 0 Å². The van der Waals surface area contributed by atoms with Gasteiger partial charge in [-0.05, 0) is 292 Å².